The summed E-state index contributed by atoms with van der Waals surface area (Å²) < 4.78 is 0. The lowest BCUT2D eigenvalue weighted by Crippen LogP contribution is -2.55. The van der Waals surface area contributed by atoms with Crippen molar-refractivity contribution in [2.45, 2.75) is 57.9 Å². The number of rotatable bonds is 7. The highest BCUT2D eigenvalue weighted by atomic mass is 15.2. The Morgan fingerprint density at radius 3 is 2.58 bits per heavy atom. The van der Waals surface area contributed by atoms with Crippen LogP contribution in [0, 0.1) is 5.92 Å². The summed E-state index contributed by atoms with van der Waals surface area (Å²) in [7, 11) is 0. The monoisotopic (exact) mass is 267 g/mol. The maximum absolute atomic E-state index is 6.24. The SMILES string of the molecule is CCCN1CCCC(CN)(N(CC)CC2CC2)CC1. The zero-order valence-corrected chi connectivity index (χ0v) is 13.0. The van der Waals surface area contributed by atoms with E-state index in [9.17, 15) is 0 Å². The van der Waals surface area contributed by atoms with E-state index in [4.69, 9.17) is 5.73 Å². The average molecular weight is 267 g/mol. The van der Waals surface area contributed by atoms with Gasteiger partial charge in [-0.15, -0.1) is 0 Å². The summed E-state index contributed by atoms with van der Waals surface area (Å²) in [5, 5.41) is 0. The van der Waals surface area contributed by atoms with Gasteiger partial charge < -0.3 is 10.6 Å². The predicted molar refractivity (Wildman–Crippen MR) is 82.3 cm³/mol. The smallest absolute Gasteiger partial charge is 0.0344 e. The third-order valence-electron chi connectivity index (χ3n) is 5.16. The first kappa shape index (κ1) is 15.3. The molecule has 3 heteroatoms. The van der Waals surface area contributed by atoms with E-state index in [2.05, 4.69) is 23.6 Å². The first-order valence-corrected chi connectivity index (χ1v) is 8.41. The lowest BCUT2D eigenvalue weighted by molar-refractivity contribution is 0.0783. The molecule has 19 heavy (non-hydrogen) atoms. The zero-order valence-electron chi connectivity index (χ0n) is 13.0. The van der Waals surface area contributed by atoms with Crippen molar-refractivity contribution in [3.05, 3.63) is 0 Å². The Labute approximate surface area is 119 Å². The van der Waals surface area contributed by atoms with E-state index in [1.54, 1.807) is 0 Å². The summed E-state index contributed by atoms with van der Waals surface area (Å²) in [6.45, 7) is 11.7. The average Bonchev–Trinajstić information content (AvgIpc) is 3.24. The number of hydrogen-bond acceptors (Lipinski definition) is 3. The number of likely N-dealkylation sites (N-methyl/N-ethyl adjacent to an activating group) is 1. The highest BCUT2D eigenvalue weighted by Gasteiger charge is 2.38. The molecular weight excluding hydrogens is 234 g/mol. The van der Waals surface area contributed by atoms with Crippen molar-refractivity contribution in [2.75, 3.05) is 39.3 Å². The van der Waals surface area contributed by atoms with Gasteiger partial charge in [0.25, 0.3) is 0 Å². The molecular formula is C16H33N3. The summed E-state index contributed by atoms with van der Waals surface area (Å²) >= 11 is 0. The molecule has 0 amide bonds. The molecule has 0 spiro atoms. The van der Waals surface area contributed by atoms with E-state index < -0.39 is 0 Å². The lowest BCUT2D eigenvalue weighted by Gasteiger charge is -2.43. The van der Waals surface area contributed by atoms with Gasteiger partial charge in [0.2, 0.25) is 0 Å². The fraction of sp³-hybridized carbons (Fsp3) is 1.00. The Bertz CT molecular complexity index is 265. The van der Waals surface area contributed by atoms with Crippen LogP contribution in [0.25, 0.3) is 0 Å². The molecule has 1 atom stereocenters. The van der Waals surface area contributed by atoms with Gasteiger partial charge in [0, 0.05) is 18.6 Å². The van der Waals surface area contributed by atoms with Gasteiger partial charge in [0.15, 0.2) is 0 Å². The molecule has 112 valence electrons. The van der Waals surface area contributed by atoms with Crippen LogP contribution in [0.1, 0.15) is 52.4 Å². The van der Waals surface area contributed by atoms with Gasteiger partial charge in [-0.1, -0.05) is 13.8 Å². The Balaban J connectivity index is 1.98. The molecule has 1 saturated carbocycles. The van der Waals surface area contributed by atoms with Crippen molar-refractivity contribution in [1.29, 1.82) is 0 Å². The highest BCUT2D eigenvalue weighted by molar-refractivity contribution is 4.96. The number of nitrogens with two attached hydrogens (primary N) is 1. The van der Waals surface area contributed by atoms with Crippen molar-refractivity contribution in [3.8, 4) is 0 Å². The van der Waals surface area contributed by atoms with E-state index in [-0.39, 0.29) is 0 Å². The highest BCUT2D eigenvalue weighted by Crippen LogP contribution is 2.35. The molecule has 0 aromatic heterocycles. The second kappa shape index (κ2) is 7.05. The molecule has 0 aromatic rings. The van der Waals surface area contributed by atoms with Crippen molar-refractivity contribution in [1.82, 2.24) is 9.80 Å². The maximum atomic E-state index is 6.24. The van der Waals surface area contributed by atoms with Gasteiger partial charge in [-0.3, -0.25) is 4.90 Å². The van der Waals surface area contributed by atoms with E-state index in [1.165, 1.54) is 71.2 Å². The van der Waals surface area contributed by atoms with Crippen molar-refractivity contribution in [2.24, 2.45) is 11.7 Å². The first-order chi connectivity index (χ1) is 9.24. The molecule has 1 unspecified atom stereocenters. The first-order valence-electron chi connectivity index (χ1n) is 8.41. The minimum Gasteiger partial charge on any atom is -0.329 e. The van der Waals surface area contributed by atoms with Crippen LogP contribution in [-0.2, 0) is 0 Å². The van der Waals surface area contributed by atoms with Crippen LogP contribution in [0.2, 0.25) is 0 Å². The quantitative estimate of drug-likeness (QED) is 0.768. The summed E-state index contributed by atoms with van der Waals surface area (Å²) in [6, 6.07) is 0. The lowest BCUT2D eigenvalue weighted by atomic mass is 9.88. The third kappa shape index (κ3) is 3.93. The standard InChI is InChI=1S/C16H33N3/c1-3-10-18-11-5-8-16(14-17,9-12-18)19(4-2)13-15-6-7-15/h15H,3-14,17H2,1-2H3. The third-order valence-corrected chi connectivity index (χ3v) is 5.16. The van der Waals surface area contributed by atoms with Crippen molar-refractivity contribution in [3.63, 3.8) is 0 Å². The van der Waals surface area contributed by atoms with Crippen LogP contribution in [-0.4, -0.2) is 54.6 Å². The molecule has 1 aliphatic carbocycles. The molecule has 2 fully saturated rings. The predicted octanol–water partition coefficient (Wildman–Crippen LogP) is 2.31. The maximum Gasteiger partial charge on any atom is 0.0344 e. The van der Waals surface area contributed by atoms with Gasteiger partial charge in [0.1, 0.15) is 0 Å². The van der Waals surface area contributed by atoms with E-state index in [0.29, 0.717) is 5.54 Å². The number of nitrogens with zero attached hydrogens (tertiary/aromatic N) is 2. The number of likely N-dealkylation sites (tertiary alicyclic amines) is 1. The second-order valence-corrected chi connectivity index (χ2v) is 6.61. The van der Waals surface area contributed by atoms with Gasteiger partial charge in [0.05, 0.1) is 0 Å². The van der Waals surface area contributed by atoms with Crippen LogP contribution in [0.15, 0.2) is 0 Å². The Morgan fingerprint density at radius 2 is 2.00 bits per heavy atom. The summed E-state index contributed by atoms with van der Waals surface area (Å²) in [5.41, 5.74) is 6.53. The minimum absolute atomic E-state index is 0.291. The molecule has 2 N–H and O–H groups in total. The van der Waals surface area contributed by atoms with E-state index in [0.717, 1.165) is 12.5 Å². The topological polar surface area (TPSA) is 32.5 Å². The van der Waals surface area contributed by atoms with Gasteiger partial charge in [-0.2, -0.15) is 0 Å². The molecule has 2 aliphatic rings. The van der Waals surface area contributed by atoms with Crippen LogP contribution < -0.4 is 5.73 Å². The molecule has 2 rings (SSSR count). The molecule has 1 aliphatic heterocycles. The second-order valence-electron chi connectivity index (χ2n) is 6.61. The van der Waals surface area contributed by atoms with Crippen molar-refractivity contribution < 1.29 is 0 Å². The molecule has 0 radical (unpaired) electrons. The molecule has 1 saturated heterocycles. The Hall–Kier alpha value is -0.120. The molecule has 3 nitrogen and oxygen atoms in total. The van der Waals surface area contributed by atoms with Crippen LogP contribution in [0.4, 0.5) is 0 Å². The van der Waals surface area contributed by atoms with Gasteiger partial charge in [-0.25, -0.2) is 0 Å². The zero-order chi connectivity index (χ0) is 13.7. The van der Waals surface area contributed by atoms with Crippen molar-refractivity contribution >= 4 is 0 Å². The Morgan fingerprint density at radius 1 is 1.21 bits per heavy atom. The molecule has 1 heterocycles. The molecule has 0 aromatic carbocycles. The summed E-state index contributed by atoms with van der Waals surface area (Å²) in [4.78, 5) is 5.36. The summed E-state index contributed by atoms with van der Waals surface area (Å²) in [6.07, 6.45) is 8.04. The van der Waals surface area contributed by atoms with Crippen LogP contribution >= 0.6 is 0 Å². The van der Waals surface area contributed by atoms with E-state index in [1.807, 2.05) is 0 Å². The minimum atomic E-state index is 0.291. The normalized spacial score (nSPS) is 29.7. The van der Waals surface area contributed by atoms with Crippen LogP contribution in [0.3, 0.4) is 0 Å². The summed E-state index contributed by atoms with van der Waals surface area (Å²) in [5.74, 6) is 0.971. The Kier molecular flexibility index (Phi) is 5.67. The fourth-order valence-electron chi connectivity index (χ4n) is 3.69. The fourth-order valence-corrected chi connectivity index (χ4v) is 3.69. The van der Waals surface area contributed by atoms with Gasteiger partial charge in [-0.05, 0) is 70.6 Å². The number of hydrogen-bond donors (Lipinski definition) is 1. The largest absolute Gasteiger partial charge is 0.329 e. The van der Waals surface area contributed by atoms with E-state index >= 15 is 0 Å². The van der Waals surface area contributed by atoms with Crippen LogP contribution in [0.5, 0.6) is 0 Å². The van der Waals surface area contributed by atoms with Gasteiger partial charge >= 0.3 is 0 Å². The molecule has 0 bridgehead atoms.